The Hall–Kier alpha value is -2.08. The highest BCUT2D eigenvalue weighted by Crippen LogP contribution is 2.22. The fourth-order valence-corrected chi connectivity index (χ4v) is 1.36. The lowest BCUT2D eigenvalue weighted by Crippen LogP contribution is -1.81. The van der Waals surface area contributed by atoms with Gasteiger partial charge in [0.25, 0.3) is 0 Å². The van der Waals surface area contributed by atoms with Gasteiger partial charge in [-0.25, -0.2) is 0 Å². The van der Waals surface area contributed by atoms with Crippen LogP contribution in [0.4, 0.5) is 0 Å². The van der Waals surface area contributed by atoms with E-state index in [1.54, 1.807) is 6.07 Å². The van der Waals surface area contributed by atoms with E-state index in [2.05, 4.69) is 12.1 Å². The number of aromatic nitrogens is 1. The van der Waals surface area contributed by atoms with Crippen molar-refractivity contribution in [1.82, 2.24) is 5.16 Å². The molecule has 74 valence electrons. The molecule has 0 amide bonds. The van der Waals surface area contributed by atoms with Gasteiger partial charge in [0.2, 0.25) is 0 Å². The van der Waals surface area contributed by atoms with Crippen LogP contribution in [0.15, 0.2) is 28.8 Å². The summed E-state index contributed by atoms with van der Waals surface area (Å²) < 4.78 is 5.06. The van der Waals surface area contributed by atoms with Crippen molar-refractivity contribution in [3.05, 3.63) is 41.1 Å². The SMILES string of the molecule is Cc1ccc(-c2cc(C#N)no2)cc1C. The molecule has 1 aromatic heterocycles. The van der Waals surface area contributed by atoms with Gasteiger partial charge in [-0.1, -0.05) is 17.3 Å². The van der Waals surface area contributed by atoms with Gasteiger partial charge in [0.15, 0.2) is 11.5 Å². The minimum Gasteiger partial charge on any atom is -0.355 e. The first-order chi connectivity index (χ1) is 7.20. The third-order valence-corrected chi connectivity index (χ3v) is 2.42. The van der Waals surface area contributed by atoms with Crippen LogP contribution in [0.2, 0.25) is 0 Å². The monoisotopic (exact) mass is 198 g/mol. The number of benzene rings is 1. The van der Waals surface area contributed by atoms with Crippen molar-refractivity contribution in [3.8, 4) is 17.4 Å². The maximum absolute atomic E-state index is 8.62. The van der Waals surface area contributed by atoms with Gasteiger partial charge in [0, 0.05) is 11.6 Å². The molecule has 0 saturated carbocycles. The number of aryl methyl sites for hydroxylation is 2. The first-order valence-electron chi connectivity index (χ1n) is 4.65. The molecule has 3 heteroatoms. The van der Waals surface area contributed by atoms with Crippen LogP contribution in [0.1, 0.15) is 16.8 Å². The van der Waals surface area contributed by atoms with E-state index in [0.717, 1.165) is 5.56 Å². The summed E-state index contributed by atoms with van der Waals surface area (Å²) in [6, 6.07) is 9.60. The second kappa shape index (κ2) is 3.58. The maximum atomic E-state index is 8.62. The lowest BCUT2D eigenvalue weighted by Gasteiger charge is -2.01. The van der Waals surface area contributed by atoms with Gasteiger partial charge in [-0.15, -0.1) is 0 Å². The van der Waals surface area contributed by atoms with Crippen LogP contribution < -0.4 is 0 Å². The standard InChI is InChI=1S/C12H10N2O/c1-8-3-4-10(5-9(8)2)12-6-11(7-13)14-15-12/h3-6H,1-2H3. The summed E-state index contributed by atoms with van der Waals surface area (Å²) in [4.78, 5) is 0. The zero-order valence-electron chi connectivity index (χ0n) is 8.61. The lowest BCUT2D eigenvalue weighted by atomic mass is 10.0. The molecule has 0 atom stereocenters. The molecule has 0 radical (unpaired) electrons. The fourth-order valence-electron chi connectivity index (χ4n) is 1.36. The highest BCUT2D eigenvalue weighted by Gasteiger charge is 2.06. The smallest absolute Gasteiger partial charge is 0.184 e. The van der Waals surface area contributed by atoms with E-state index in [1.165, 1.54) is 11.1 Å². The van der Waals surface area contributed by atoms with Crippen LogP contribution in [0.5, 0.6) is 0 Å². The molecule has 0 bridgehead atoms. The Balaban J connectivity index is 2.46. The number of hydrogen-bond donors (Lipinski definition) is 0. The Labute approximate surface area is 87.9 Å². The Bertz CT molecular complexity index is 535. The third kappa shape index (κ3) is 1.75. The topological polar surface area (TPSA) is 49.8 Å². The first kappa shape index (κ1) is 9.47. The van der Waals surface area contributed by atoms with Gasteiger partial charge >= 0.3 is 0 Å². The van der Waals surface area contributed by atoms with Gasteiger partial charge in [0.05, 0.1) is 0 Å². The average Bonchev–Trinajstić information content (AvgIpc) is 2.70. The fraction of sp³-hybridized carbons (Fsp3) is 0.167. The van der Waals surface area contributed by atoms with Crippen molar-refractivity contribution in [2.24, 2.45) is 0 Å². The van der Waals surface area contributed by atoms with E-state index in [0.29, 0.717) is 11.5 Å². The summed E-state index contributed by atoms with van der Waals surface area (Å²) in [5.74, 6) is 0.634. The summed E-state index contributed by atoms with van der Waals surface area (Å²) in [6.07, 6.45) is 0. The summed E-state index contributed by atoms with van der Waals surface area (Å²) in [7, 11) is 0. The van der Waals surface area contributed by atoms with Crippen molar-refractivity contribution in [1.29, 1.82) is 5.26 Å². The molecule has 0 N–H and O–H groups in total. The normalized spacial score (nSPS) is 9.93. The van der Waals surface area contributed by atoms with Crippen molar-refractivity contribution < 1.29 is 4.52 Å². The van der Waals surface area contributed by atoms with Crippen LogP contribution in [0.25, 0.3) is 11.3 Å². The van der Waals surface area contributed by atoms with Gasteiger partial charge in [-0.05, 0) is 31.0 Å². The van der Waals surface area contributed by atoms with E-state index in [-0.39, 0.29) is 0 Å². The molecular weight excluding hydrogens is 188 g/mol. The molecule has 1 aromatic carbocycles. The van der Waals surface area contributed by atoms with Gasteiger partial charge < -0.3 is 4.52 Å². The number of hydrogen-bond acceptors (Lipinski definition) is 3. The number of nitriles is 1. The van der Waals surface area contributed by atoms with Crippen LogP contribution in [-0.4, -0.2) is 5.16 Å². The minimum atomic E-state index is 0.309. The molecule has 3 nitrogen and oxygen atoms in total. The molecule has 0 aliphatic heterocycles. The van der Waals surface area contributed by atoms with E-state index in [4.69, 9.17) is 9.78 Å². The van der Waals surface area contributed by atoms with Crippen molar-refractivity contribution in [2.75, 3.05) is 0 Å². The minimum absolute atomic E-state index is 0.309. The van der Waals surface area contributed by atoms with E-state index >= 15 is 0 Å². The summed E-state index contributed by atoms with van der Waals surface area (Å²) in [6.45, 7) is 4.10. The Kier molecular flexibility index (Phi) is 2.26. The highest BCUT2D eigenvalue weighted by atomic mass is 16.5. The predicted octanol–water partition coefficient (Wildman–Crippen LogP) is 2.83. The van der Waals surface area contributed by atoms with Crippen LogP contribution in [0, 0.1) is 25.2 Å². The van der Waals surface area contributed by atoms with E-state index < -0.39 is 0 Å². The van der Waals surface area contributed by atoms with Gasteiger partial charge in [-0.2, -0.15) is 5.26 Å². The van der Waals surface area contributed by atoms with Crippen molar-refractivity contribution >= 4 is 0 Å². The van der Waals surface area contributed by atoms with Crippen LogP contribution in [0.3, 0.4) is 0 Å². The summed E-state index contributed by atoms with van der Waals surface area (Å²) in [5.41, 5.74) is 3.69. The second-order valence-electron chi connectivity index (χ2n) is 3.49. The van der Waals surface area contributed by atoms with Gasteiger partial charge in [0.1, 0.15) is 6.07 Å². The van der Waals surface area contributed by atoms with E-state index in [1.807, 2.05) is 31.2 Å². The molecule has 1 heterocycles. The first-order valence-corrected chi connectivity index (χ1v) is 4.65. The lowest BCUT2D eigenvalue weighted by molar-refractivity contribution is 0.430. The molecule has 2 rings (SSSR count). The third-order valence-electron chi connectivity index (χ3n) is 2.42. The summed E-state index contributed by atoms with van der Waals surface area (Å²) >= 11 is 0. The molecule has 0 unspecified atom stereocenters. The molecule has 0 spiro atoms. The zero-order valence-corrected chi connectivity index (χ0v) is 8.61. The van der Waals surface area contributed by atoms with Crippen LogP contribution in [-0.2, 0) is 0 Å². The van der Waals surface area contributed by atoms with Crippen molar-refractivity contribution in [2.45, 2.75) is 13.8 Å². The molecule has 15 heavy (non-hydrogen) atoms. The quantitative estimate of drug-likeness (QED) is 0.707. The summed E-state index contributed by atoms with van der Waals surface area (Å²) in [5, 5.41) is 12.3. The molecule has 0 aliphatic rings. The predicted molar refractivity (Wildman–Crippen MR) is 56.1 cm³/mol. The Morgan fingerprint density at radius 3 is 2.60 bits per heavy atom. The van der Waals surface area contributed by atoms with E-state index in [9.17, 15) is 0 Å². The number of rotatable bonds is 1. The van der Waals surface area contributed by atoms with Gasteiger partial charge in [-0.3, -0.25) is 0 Å². The Morgan fingerprint density at radius 1 is 1.20 bits per heavy atom. The molecule has 0 aliphatic carbocycles. The number of nitrogens with zero attached hydrogens (tertiary/aromatic N) is 2. The average molecular weight is 198 g/mol. The molecule has 0 fully saturated rings. The Morgan fingerprint density at radius 2 is 2.00 bits per heavy atom. The highest BCUT2D eigenvalue weighted by molar-refractivity contribution is 5.60. The molecule has 2 aromatic rings. The largest absolute Gasteiger partial charge is 0.355 e. The second-order valence-corrected chi connectivity index (χ2v) is 3.49. The zero-order chi connectivity index (χ0) is 10.8. The van der Waals surface area contributed by atoms with Crippen LogP contribution >= 0.6 is 0 Å². The molecule has 0 saturated heterocycles. The maximum Gasteiger partial charge on any atom is 0.184 e. The van der Waals surface area contributed by atoms with Crippen molar-refractivity contribution in [3.63, 3.8) is 0 Å². The molecular formula is C12H10N2O.